The summed E-state index contributed by atoms with van der Waals surface area (Å²) in [6.07, 6.45) is -0.163. The van der Waals surface area contributed by atoms with Crippen molar-refractivity contribution in [1.29, 1.82) is 0 Å². The maximum absolute atomic E-state index is 13.0. The lowest BCUT2D eigenvalue weighted by atomic mass is 9.45. The van der Waals surface area contributed by atoms with E-state index in [1.807, 2.05) is 6.08 Å². The summed E-state index contributed by atoms with van der Waals surface area (Å²) in [7, 11) is 0. The van der Waals surface area contributed by atoms with Crippen molar-refractivity contribution in [2.45, 2.75) is 80.8 Å². The van der Waals surface area contributed by atoms with E-state index in [0.717, 1.165) is 11.1 Å². The van der Waals surface area contributed by atoms with Crippen LogP contribution in [0.5, 0.6) is 0 Å². The van der Waals surface area contributed by atoms with E-state index in [9.17, 15) is 33.0 Å². The number of halogens is 3. The normalized spacial score (nSPS) is 43.8. The number of carbonyl (C=O) groups is 2. The lowest BCUT2D eigenvalue weighted by molar-refractivity contribution is -0.206. The molecule has 3 fully saturated rings. The van der Waals surface area contributed by atoms with Crippen molar-refractivity contribution in [1.82, 2.24) is 15.5 Å². The Balaban J connectivity index is 1.59. The Hall–Kier alpha value is -1.91. The van der Waals surface area contributed by atoms with Gasteiger partial charge in [0.05, 0.1) is 17.6 Å². The number of hydrogen-bond donors (Lipinski definition) is 4. The molecule has 2 aliphatic heterocycles. The van der Waals surface area contributed by atoms with Gasteiger partial charge in [0, 0.05) is 24.4 Å². The molecule has 1 saturated carbocycles. The van der Waals surface area contributed by atoms with Gasteiger partial charge in [-0.05, 0) is 51.1 Å². The van der Waals surface area contributed by atoms with E-state index in [2.05, 4.69) is 10.6 Å². The molecule has 1 spiro atoms. The number of piperidine rings is 1. The largest absolute Gasteiger partial charge is 0.390 e. The average molecular weight is 455 g/mol. The molecule has 1 unspecified atom stereocenters. The second-order valence-electron chi connectivity index (χ2n) is 10.4. The number of rotatable bonds is 2. The molecule has 0 aromatic heterocycles. The van der Waals surface area contributed by atoms with Gasteiger partial charge in [-0.25, -0.2) is 4.79 Å². The van der Waals surface area contributed by atoms with Crippen LogP contribution in [0.2, 0.25) is 0 Å². The number of alkyl halides is 3. The van der Waals surface area contributed by atoms with Crippen molar-refractivity contribution in [3.05, 3.63) is 23.3 Å². The topological polar surface area (TPSA) is 102 Å². The van der Waals surface area contributed by atoms with Crippen LogP contribution in [0.15, 0.2) is 23.3 Å². The molecule has 4 N–H and O–H groups in total. The van der Waals surface area contributed by atoms with Gasteiger partial charge < -0.3 is 15.5 Å². The van der Waals surface area contributed by atoms with Gasteiger partial charge in [0.1, 0.15) is 5.54 Å². The molecule has 32 heavy (non-hydrogen) atoms. The van der Waals surface area contributed by atoms with Crippen molar-refractivity contribution >= 4 is 11.9 Å². The number of likely N-dealkylation sites (tertiary alicyclic amines) is 1. The van der Waals surface area contributed by atoms with Crippen molar-refractivity contribution in [2.75, 3.05) is 13.1 Å². The van der Waals surface area contributed by atoms with Crippen molar-refractivity contribution < 1.29 is 33.0 Å². The first-order valence-electron chi connectivity index (χ1n) is 11.1. The van der Waals surface area contributed by atoms with E-state index in [4.69, 9.17) is 0 Å². The molecule has 0 aromatic carbocycles. The van der Waals surface area contributed by atoms with Gasteiger partial charge in [-0.3, -0.25) is 15.0 Å². The fraction of sp³-hybridized carbons (Fsp3) is 0.727. The van der Waals surface area contributed by atoms with Gasteiger partial charge in [-0.2, -0.15) is 13.2 Å². The molecule has 2 heterocycles. The maximum Gasteiger partial charge on any atom is 0.390 e. The van der Waals surface area contributed by atoms with Crippen LogP contribution in [-0.4, -0.2) is 69.1 Å². The van der Waals surface area contributed by atoms with Crippen LogP contribution in [-0.2, 0) is 4.79 Å². The van der Waals surface area contributed by atoms with Crippen LogP contribution in [0.1, 0.15) is 51.9 Å². The zero-order valence-electron chi connectivity index (χ0n) is 17.9. The quantitative estimate of drug-likeness (QED) is 0.477. The summed E-state index contributed by atoms with van der Waals surface area (Å²) in [5, 5.41) is 28.0. The number of imide groups is 1. The molecule has 7 nitrogen and oxygen atoms in total. The summed E-state index contributed by atoms with van der Waals surface area (Å²) in [6.45, 7) is 1.83. The molecule has 10 heteroatoms. The SMILES string of the molecule is CC1(O)C=CC2=C(C1)[C@]13CCN(CCC(F)(F)F)[C@H](C2)[C@]1(O)CC[C@@]1(C3)NC(=O)NC1=O. The number of allylic oxidation sites excluding steroid dienone is 1. The highest BCUT2D eigenvalue weighted by Gasteiger charge is 2.70. The van der Waals surface area contributed by atoms with Gasteiger partial charge in [0.15, 0.2) is 0 Å². The van der Waals surface area contributed by atoms with Crippen LogP contribution in [0.25, 0.3) is 0 Å². The summed E-state index contributed by atoms with van der Waals surface area (Å²) < 4.78 is 38.9. The molecule has 2 saturated heterocycles. The molecule has 3 amide bonds. The number of hydrogen-bond acceptors (Lipinski definition) is 5. The minimum absolute atomic E-state index is 0.167. The summed E-state index contributed by atoms with van der Waals surface area (Å²) in [4.78, 5) is 26.5. The fourth-order valence-electron chi connectivity index (χ4n) is 6.95. The van der Waals surface area contributed by atoms with Crippen LogP contribution >= 0.6 is 0 Å². The molecule has 3 aliphatic carbocycles. The van der Waals surface area contributed by atoms with Crippen LogP contribution < -0.4 is 10.6 Å². The first-order chi connectivity index (χ1) is 14.8. The second kappa shape index (κ2) is 6.57. The van der Waals surface area contributed by atoms with E-state index < -0.39 is 52.7 Å². The highest BCUT2D eigenvalue weighted by Crippen LogP contribution is 2.65. The number of urea groups is 1. The summed E-state index contributed by atoms with van der Waals surface area (Å²) in [6, 6.07) is -1.10. The Morgan fingerprint density at radius 2 is 1.97 bits per heavy atom. The molecular formula is C22H28F3N3O4. The highest BCUT2D eigenvalue weighted by atomic mass is 19.4. The number of nitrogens with one attached hydrogen (secondary N) is 2. The van der Waals surface area contributed by atoms with Crippen LogP contribution in [0.4, 0.5) is 18.0 Å². The fourth-order valence-corrected chi connectivity index (χ4v) is 6.95. The molecule has 2 bridgehead atoms. The Bertz CT molecular complexity index is 945. The smallest absolute Gasteiger partial charge is 0.387 e. The Morgan fingerprint density at radius 3 is 2.62 bits per heavy atom. The van der Waals surface area contributed by atoms with Crippen molar-refractivity contribution in [3.63, 3.8) is 0 Å². The molecule has 5 rings (SSSR count). The minimum Gasteiger partial charge on any atom is -0.387 e. The van der Waals surface area contributed by atoms with Gasteiger partial charge in [0.2, 0.25) is 0 Å². The second-order valence-corrected chi connectivity index (χ2v) is 10.4. The third-order valence-corrected chi connectivity index (χ3v) is 8.44. The number of nitrogens with zero attached hydrogens (tertiary/aromatic N) is 1. The highest BCUT2D eigenvalue weighted by molar-refractivity contribution is 6.07. The third-order valence-electron chi connectivity index (χ3n) is 8.44. The molecule has 5 aliphatic rings. The Morgan fingerprint density at radius 1 is 1.22 bits per heavy atom. The van der Waals surface area contributed by atoms with Crippen LogP contribution in [0.3, 0.4) is 0 Å². The van der Waals surface area contributed by atoms with Gasteiger partial charge in [-0.15, -0.1) is 0 Å². The predicted molar refractivity (Wildman–Crippen MR) is 107 cm³/mol. The zero-order valence-corrected chi connectivity index (χ0v) is 17.9. The predicted octanol–water partition coefficient (Wildman–Crippen LogP) is 1.90. The van der Waals surface area contributed by atoms with E-state index in [0.29, 0.717) is 19.4 Å². The lowest BCUT2D eigenvalue weighted by Gasteiger charge is -2.67. The number of aliphatic hydroxyl groups is 2. The lowest BCUT2D eigenvalue weighted by Crippen LogP contribution is -2.74. The third kappa shape index (κ3) is 3.06. The molecule has 0 radical (unpaired) electrons. The summed E-state index contributed by atoms with van der Waals surface area (Å²) in [5.41, 5.74) is -2.78. The molecule has 176 valence electrons. The van der Waals surface area contributed by atoms with Gasteiger partial charge >= 0.3 is 12.2 Å². The van der Waals surface area contributed by atoms with Crippen LogP contribution in [0, 0.1) is 5.41 Å². The van der Waals surface area contributed by atoms with Crippen molar-refractivity contribution in [3.8, 4) is 0 Å². The summed E-state index contributed by atoms with van der Waals surface area (Å²) in [5.74, 6) is -0.430. The Kier molecular flexibility index (Phi) is 4.50. The molecule has 0 aromatic rings. The minimum atomic E-state index is -4.29. The number of carbonyl (C=O) groups excluding carboxylic acids is 2. The van der Waals surface area contributed by atoms with E-state index in [1.165, 1.54) is 0 Å². The number of amides is 3. The first-order valence-corrected chi connectivity index (χ1v) is 11.1. The average Bonchev–Trinajstić information content (AvgIpc) is 2.94. The monoisotopic (exact) mass is 455 g/mol. The van der Waals surface area contributed by atoms with E-state index in [1.54, 1.807) is 17.9 Å². The molecule has 5 atom stereocenters. The van der Waals surface area contributed by atoms with Gasteiger partial charge in [-0.1, -0.05) is 17.7 Å². The molecular weight excluding hydrogens is 427 g/mol. The van der Waals surface area contributed by atoms with Gasteiger partial charge in [0.25, 0.3) is 5.91 Å². The van der Waals surface area contributed by atoms with Crippen molar-refractivity contribution in [2.24, 2.45) is 5.41 Å². The standard InChI is InChI=1S/C22H28F3N3O4/c1-18(31)3-2-13-10-15-21(32)5-4-20(16(29)26-17(30)27-20)12-19(21,14(13)11-18)6-8-28(15)9-7-22(23,24)25/h2-3,15,31-32H,4-12H2,1H3,(H2,26,27,29,30)/t15-,18?,19-,20+,21-/m1/s1. The Labute approximate surface area is 183 Å². The van der Waals surface area contributed by atoms with E-state index in [-0.39, 0.29) is 32.2 Å². The zero-order chi connectivity index (χ0) is 23.2. The first kappa shape index (κ1) is 21.9. The maximum atomic E-state index is 13.0. The van der Waals surface area contributed by atoms with E-state index >= 15 is 0 Å². The summed E-state index contributed by atoms with van der Waals surface area (Å²) >= 11 is 0.